The Kier molecular flexibility index (Phi) is 6.56. The molecule has 1 rings (SSSR count). The second-order valence-corrected chi connectivity index (χ2v) is 4.69. The van der Waals surface area contributed by atoms with Gasteiger partial charge in [0.05, 0.1) is 0 Å². The van der Waals surface area contributed by atoms with Gasteiger partial charge in [0, 0.05) is 13.0 Å². The molecule has 1 amide bonds. The first-order valence-electron chi connectivity index (χ1n) is 6.68. The molecule has 0 atom stereocenters. The molecule has 5 nitrogen and oxygen atoms in total. The average molecular weight is 279 g/mol. The molecule has 0 saturated heterocycles. The fourth-order valence-corrected chi connectivity index (χ4v) is 1.70. The van der Waals surface area contributed by atoms with Crippen molar-refractivity contribution in [3.05, 3.63) is 29.3 Å². The number of hydrogen-bond acceptors (Lipinski definition) is 3. The lowest BCUT2D eigenvalue weighted by molar-refractivity contribution is -0.137. The van der Waals surface area contributed by atoms with Crippen LogP contribution in [0.1, 0.15) is 30.4 Å². The van der Waals surface area contributed by atoms with Crippen LogP contribution in [0, 0.1) is 13.8 Å². The number of amides is 1. The van der Waals surface area contributed by atoms with Crippen LogP contribution in [-0.4, -0.2) is 30.1 Å². The summed E-state index contributed by atoms with van der Waals surface area (Å²) >= 11 is 0. The molecule has 0 spiro atoms. The van der Waals surface area contributed by atoms with Crippen molar-refractivity contribution in [2.75, 3.05) is 13.2 Å². The van der Waals surface area contributed by atoms with Crippen molar-refractivity contribution in [3.8, 4) is 5.75 Å². The van der Waals surface area contributed by atoms with E-state index in [1.54, 1.807) is 0 Å². The van der Waals surface area contributed by atoms with E-state index in [0.717, 1.165) is 11.1 Å². The van der Waals surface area contributed by atoms with Gasteiger partial charge in [0.2, 0.25) is 0 Å². The minimum atomic E-state index is -0.811. The smallest absolute Gasteiger partial charge is 0.303 e. The number of carboxylic acids is 1. The highest BCUT2D eigenvalue weighted by Crippen LogP contribution is 2.20. The Morgan fingerprint density at radius 2 is 2.00 bits per heavy atom. The molecule has 0 heterocycles. The maximum atomic E-state index is 11.6. The van der Waals surface area contributed by atoms with Gasteiger partial charge in [-0.05, 0) is 43.9 Å². The number of benzene rings is 1. The first-order valence-corrected chi connectivity index (χ1v) is 6.68. The predicted octanol–water partition coefficient (Wildman–Crippen LogP) is 2.05. The first-order chi connectivity index (χ1) is 9.50. The third-order valence-corrected chi connectivity index (χ3v) is 3.05. The van der Waals surface area contributed by atoms with Crippen LogP contribution in [0.3, 0.4) is 0 Å². The summed E-state index contributed by atoms with van der Waals surface area (Å²) in [7, 11) is 0. The number of unbranched alkanes of at least 4 members (excludes halogenated alkanes) is 1. The Hall–Kier alpha value is -2.04. The molecule has 0 saturated carbocycles. The highest BCUT2D eigenvalue weighted by Gasteiger charge is 2.05. The highest BCUT2D eigenvalue weighted by atomic mass is 16.5. The minimum Gasteiger partial charge on any atom is -0.483 e. The van der Waals surface area contributed by atoms with E-state index in [2.05, 4.69) is 5.32 Å². The maximum absolute atomic E-state index is 11.6. The molecule has 0 fully saturated rings. The lowest BCUT2D eigenvalue weighted by Gasteiger charge is -2.10. The number of carbonyl (C=O) groups is 2. The summed E-state index contributed by atoms with van der Waals surface area (Å²) < 4.78 is 5.47. The molecule has 1 aromatic rings. The van der Waals surface area contributed by atoms with Gasteiger partial charge in [-0.15, -0.1) is 0 Å². The lowest BCUT2D eigenvalue weighted by Crippen LogP contribution is -2.29. The van der Waals surface area contributed by atoms with E-state index in [1.165, 1.54) is 0 Å². The molecule has 110 valence electrons. The number of hydrogen-bond donors (Lipinski definition) is 2. The fraction of sp³-hybridized carbons (Fsp3) is 0.467. The van der Waals surface area contributed by atoms with Crippen molar-refractivity contribution in [3.63, 3.8) is 0 Å². The second kappa shape index (κ2) is 8.19. The Morgan fingerprint density at radius 3 is 2.70 bits per heavy atom. The van der Waals surface area contributed by atoms with E-state index in [-0.39, 0.29) is 18.9 Å². The standard InChI is InChI=1S/C15H21NO4/c1-11-6-5-7-13(12(11)2)20-10-14(17)16-9-4-3-8-15(18)19/h5-7H,3-4,8-10H2,1-2H3,(H,16,17)(H,18,19). The number of rotatable bonds is 8. The third-order valence-electron chi connectivity index (χ3n) is 3.05. The minimum absolute atomic E-state index is 0.0246. The summed E-state index contributed by atoms with van der Waals surface area (Å²) in [5.74, 6) is -0.290. The Labute approximate surface area is 118 Å². The molecule has 0 aliphatic heterocycles. The average Bonchev–Trinajstić information content (AvgIpc) is 2.39. The Balaban J connectivity index is 2.23. The summed E-state index contributed by atoms with van der Waals surface area (Å²) in [5, 5.41) is 11.2. The first kappa shape index (κ1) is 16.0. The third kappa shape index (κ3) is 5.73. The molecule has 0 aliphatic carbocycles. The van der Waals surface area contributed by atoms with Crippen LogP contribution in [0.15, 0.2) is 18.2 Å². The normalized spacial score (nSPS) is 10.1. The quantitative estimate of drug-likeness (QED) is 0.714. The zero-order valence-electron chi connectivity index (χ0n) is 11.9. The van der Waals surface area contributed by atoms with Crippen molar-refractivity contribution >= 4 is 11.9 Å². The second-order valence-electron chi connectivity index (χ2n) is 4.69. The molecule has 20 heavy (non-hydrogen) atoms. The van der Waals surface area contributed by atoms with Crippen molar-refractivity contribution in [1.82, 2.24) is 5.32 Å². The van der Waals surface area contributed by atoms with Gasteiger partial charge in [-0.25, -0.2) is 0 Å². The molecule has 5 heteroatoms. The SMILES string of the molecule is Cc1cccc(OCC(=O)NCCCCC(=O)O)c1C. The summed E-state index contributed by atoms with van der Waals surface area (Å²) in [4.78, 5) is 21.9. The maximum Gasteiger partial charge on any atom is 0.303 e. The van der Waals surface area contributed by atoms with Crippen molar-refractivity contribution in [1.29, 1.82) is 0 Å². The van der Waals surface area contributed by atoms with E-state index in [1.807, 2.05) is 32.0 Å². The Bertz CT molecular complexity index is 471. The van der Waals surface area contributed by atoms with E-state index >= 15 is 0 Å². The summed E-state index contributed by atoms with van der Waals surface area (Å²) in [6.07, 6.45) is 1.35. The molecular formula is C15H21NO4. The predicted molar refractivity (Wildman–Crippen MR) is 75.9 cm³/mol. The van der Waals surface area contributed by atoms with Gasteiger partial charge in [0.1, 0.15) is 5.75 Å². The van der Waals surface area contributed by atoms with Crippen LogP contribution >= 0.6 is 0 Å². The molecule has 0 bridgehead atoms. The van der Waals surface area contributed by atoms with E-state index in [0.29, 0.717) is 25.1 Å². The molecule has 2 N–H and O–H groups in total. The molecular weight excluding hydrogens is 258 g/mol. The molecule has 0 aliphatic rings. The van der Waals surface area contributed by atoms with Crippen LogP contribution in [0.4, 0.5) is 0 Å². The number of aliphatic carboxylic acids is 1. The van der Waals surface area contributed by atoms with Crippen molar-refractivity contribution < 1.29 is 19.4 Å². The topological polar surface area (TPSA) is 75.6 Å². The summed E-state index contributed by atoms with van der Waals surface area (Å²) in [6.45, 7) is 4.39. The van der Waals surface area contributed by atoms with Crippen LogP contribution in [-0.2, 0) is 9.59 Å². The number of carboxylic acid groups (broad SMARTS) is 1. The monoisotopic (exact) mass is 279 g/mol. The largest absolute Gasteiger partial charge is 0.483 e. The van der Waals surface area contributed by atoms with Gasteiger partial charge < -0.3 is 15.2 Å². The van der Waals surface area contributed by atoms with Crippen LogP contribution in [0.2, 0.25) is 0 Å². The fourth-order valence-electron chi connectivity index (χ4n) is 1.70. The zero-order valence-corrected chi connectivity index (χ0v) is 11.9. The molecule has 1 aromatic carbocycles. The highest BCUT2D eigenvalue weighted by molar-refractivity contribution is 5.77. The summed E-state index contributed by atoms with van der Waals surface area (Å²) in [6, 6.07) is 5.72. The lowest BCUT2D eigenvalue weighted by atomic mass is 10.1. The van der Waals surface area contributed by atoms with Crippen molar-refractivity contribution in [2.45, 2.75) is 33.1 Å². The summed E-state index contributed by atoms with van der Waals surface area (Å²) in [5.41, 5.74) is 2.15. The van der Waals surface area contributed by atoms with E-state index in [4.69, 9.17) is 9.84 Å². The number of ether oxygens (including phenoxy) is 1. The van der Waals surface area contributed by atoms with Gasteiger partial charge in [0.25, 0.3) is 5.91 Å². The van der Waals surface area contributed by atoms with E-state index < -0.39 is 5.97 Å². The van der Waals surface area contributed by atoms with Gasteiger partial charge in [0.15, 0.2) is 6.61 Å². The molecule has 0 radical (unpaired) electrons. The molecule has 0 unspecified atom stereocenters. The Morgan fingerprint density at radius 1 is 1.25 bits per heavy atom. The van der Waals surface area contributed by atoms with Gasteiger partial charge in [-0.2, -0.15) is 0 Å². The number of aryl methyl sites for hydroxylation is 1. The van der Waals surface area contributed by atoms with Gasteiger partial charge in [-0.3, -0.25) is 9.59 Å². The van der Waals surface area contributed by atoms with Crippen LogP contribution in [0.25, 0.3) is 0 Å². The van der Waals surface area contributed by atoms with Crippen molar-refractivity contribution in [2.24, 2.45) is 0 Å². The number of carbonyl (C=O) groups excluding carboxylic acids is 1. The zero-order chi connectivity index (χ0) is 15.0. The van der Waals surface area contributed by atoms with Crippen LogP contribution in [0.5, 0.6) is 5.75 Å². The van der Waals surface area contributed by atoms with Crippen LogP contribution < -0.4 is 10.1 Å². The molecule has 0 aromatic heterocycles. The van der Waals surface area contributed by atoms with Gasteiger partial charge in [-0.1, -0.05) is 12.1 Å². The number of nitrogens with one attached hydrogen (secondary N) is 1. The van der Waals surface area contributed by atoms with E-state index in [9.17, 15) is 9.59 Å². The van der Waals surface area contributed by atoms with Gasteiger partial charge >= 0.3 is 5.97 Å².